The Bertz CT molecular complexity index is 1290. The van der Waals surface area contributed by atoms with Crippen LogP contribution >= 0.6 is 34.8 Å². The highest BCUT2D eigenvalue weighted by Crippen LogP contribution is 2.28. The van der Waals surface area contributed by atoms with Gasteiger partial charge in [0.05, 0.1) is 11.1 Å². The number of Topliss-reactive ketones (excluding diaryl/α,β-unsaturated/α-hetero) is 1. The number of benzene rings is 1. The van der Waals surface area contributed by atoms with E-state index in [-0.39, 0.29) is 45.6 Å². The van der Waals surface area contributed by atoms with Crippen molar-refractivity contribution in [2.24, 2.45) is 0 Å². The Balaban J connectivity index is 1.72. The SMILES string of the molecule is N=c1o[n-][n+](N2CCN(S(=O)(=O)c3ccc(Cl)cc3Cl)CC2C(=O)c2ncn[nH]2)c1Cl. The lowest BCUT2D eigenvalue weighted by Crippen LogP contribution is -2.73. The highest BCUT2D eigenvalue weighted by Gasteiger charge is 2.40. The molecule has 2 N–H and O–H groups in total. The van der Waals surface area contributed by atoms with Crippen LogP contribution in [0, 0.1) is 5.41 Å². The average Bonchev–Trinajstić information content (AvgIpc) is 3.38. The van der Waals surface area contributed by atoms with Gasteiger partial charge >= 0.3 is 10.7 Å². The van der Waals surface area contributed by atoms with E-state index in [4.69, 9.17) is 44.7 Å². The van der Waals surface area contributed by atoms with Gasteiger partial charge in [0, 0.05) is 24.7 Å². The van der Waals surface area contributed by atoms with Gasteiger partial charge in [-0.2, -0.15) is 9.40 Å². The summed E-state index contributed by atoms with van der Waals surface area (Å²) < 4.78 is 32.3. The third-order valence-corrected chi connectivity index (χ3v) is 7.50. The Morgan fingerprint density at radius 1 is 1.32 bits per heavy atom. The topological polar surface area (TPSA) is 154 Å². The van der Waals surface area contributed by atoms with Crippen molar-refractivity contribution in [3.8, 4) is 0 Å². The van der Waals surface area contributed by atoms with Crippen molar-refractivity contribution < 1.29 is 22.5 Å². The van der Waals surface area contributed by atoms with E-state index in [0.29, 0.717) is 0 Å². The summed E-state index contributed by atoms with van der Waals surface area (Å²) in [6.07, 6.45) is 1.15. The van der Waals surface area contributed by atoms with Gasteiger partial charge in [0.25, 0.3) is 0 Å². The van der Waals surface area contributed by atoms with Crippen LogP contribution in [-0.4, -0.2) is 59.4 Å². The van der Waals surface area contributed by atoms with Gasteiger partial charge in [-0.3, -0.25) is 20.3 Å². The number of carbonyl (C=O) groups is 1. The number of aromatic amines is 1. The van der Waals surface area contributed by atoms with Gasteiger partial charge in [0.2, 0.25) is 15.8 Å². The predicted molar refractivity (Wildman–Crippen MR) is 106 cm³/mol. The van der Waals surface area contributed by atoms with E-state index in [2.05, 4.69) is 20.5 Å². The maximum atomic E-state index is 13.2. The molecule has 1 unspecified atom stereocenters. The standard InChI is InChI=1S/C15H13Cl3N8O4S/c16-8-1-2-11(9(17)5-8)31(28,29)24-3-4-25(26-13(18)14(19)30-23-26)10(6-24)12(27)15-20-7-21-22-15/h1-2,5,7,10,19H,3-4,6H2,(H,20,21,22). The molecule has 0 bridgehead atoms. The van der Waals surface area contributed by atoms with E-state index < -0.39 is 27.4 Å². The smallest absolute Gasteiger partial charge is 0.360 e. The van der Waals surface area contributed by atoms with Crippen molar-refractivity contribution in [1.82, 2.24) is 24.8 Å². The lowest BCUT2D eigenvalue weighted by Gasteiger charge is -2.40. The molecule has 164 valence electrons. The monoisotopic (exact) mass is 506 g/mol. The van der Waals surface area contributed by atoms with Gasteiger partial charge < -0.3 is 4.52 Å². The van der Waals surface area contributed by atoms with Gasteiger partial charge in [0.1, 0.15) is 11.2 Å². The lowest BCUT2D eigenvalue weighted by atomic mass is 10.1. The average molecular weight is 508 g/mol. The number of halogens is 3. The van der Waals surface area contributed by atoms with Gasteiger partial charge in [-0.1, -0.05) is 28.0 Å². The zero-order valence-electron chi connectivity index (χ0n) is 15.4. The number of hydrogen-bond acceptors (Lipinski definition) is 8. The van der Waals surface area contributed by atoms with Crippen LogP contribution in [0.2, 0.25) is 15.2 Å². The van der Waals surface area contributed by atoms with E-state index in [0.717, 1.165) is 15.4 Å². The molecule has 12 nitrogen and oxygen atoms in total. The molecular formula is C15H13Cl3N8O4S. The molecule has 31 heavy (non-hydrogen) atoms. The fourth-order valence-corrected chi connectivity index (χ4v) is 5.47. The van der Waals surface area contributed by atoms with E-state index in [1.165, 1.54) is 23.2 Å². The summed E-state index contributed by atoms with van der Waals surface area (Å²) in [5, 5.41) is 18.9. The number of hydrogen-bond donors (Lipinski definition) is 2. The number of carbonyl (C=O) groups excluding carboxylic acids is 1. The van der Waals surface area contributed by atoms with Gasteiger partial charge in [0.15, 0.2) is 5.82 Å². The summed E-state index contributed by atoms with van der Waals surface area (Å²) in [4.78, 5) is 17.8. The van der Waals surface area contributed by atoms with Crippen molar-refractivity contribution in [2.45, 2.75) is 10.9 Å². The zero-order valence-corrected chi connectivity index (χ0v) is 18.5. The number of ketones is 1. The quantitative estimate of drug-likeness (QED) is 0.361. The minimum atomic E-state index is -4.06. The number of sulfonamides is 1. The van der Waals surface area contributed by atoms with Crippen LogP contribution in [0.1, 0.15) is 10.6 Å². The second kappa shape index (κ2) is 8.24. The molecule has 1 atom stereocenters. The third-order valence-electron chi connectivity index (χ3n) is 4.59. The number of nitrogens with zero attached hydrogens (tertiary/aromatic N) is 6. The molecule has 3 heterocycles. The molecule has 0 aliphatic carbocycles. The number of piperazine rings is 1. The number of H-pyrrole nitrogens is 1. The number of rotatable bonds is 5. The highest BCUT2D eigenvalue weighted by molar-refractivity contribution is 7.89. The molecule has 1 saturated heterocycles. The molecule has 0 saturated carbocycles. The van der Waals surface area contributed by atoms with Crippen molar-refractivity contribution in [3.63, 3.8) is 0 Å². The molecule has 0 radical (unpaired) electrons. The Kier molecular flexibility index (Phi) is 5.79. The van der Waals surface area contributed by atoms with Crippen LogP contribution in [-0.2, 0) is 10.0 Å². The molecule has 1 fully saturated rings. The maximum absolute atomic E-state index is 13.2. The van der Waals surface area contributed by atoms with E-state index in [1.54, 1.807) is 0 Å². The normalized spacial score (nSPS) is 17.8. The molecule has 1 aliphatic heterocycles. The summed E-state index contributed by atoms with van der Waals surface area (Å²) in [5.74, 6) is -0.636. The number of aromatic nitrogens is 5. The predicted octanol–water partition coefficient (Wildman–Crippen LogP) is -0.0239. The summed E-state index contributed by atoms with van der Waals surface area (Å²) in [6, 6.07) is 2.93. The minimum absolute atomic E-state index is 0.00530. The fraction of sp³-hybridized carbons (Fsp3) is 0.267. The molecule has 1 aliphatic rings. The molecule has 16 heteroatoms. The van der Waals surface area contributed by atoms with Crippen LogP contribution in [0.5, 0.6) is 0 Å². The second-order valence-electron chi connectivity index (χ2n) is 6.40. The zero-order chi connectivity index (χ0) is 22.3. The largest absolute Gasteiger partial charge is 0.379 e. The fourth-order valence-electron chi connectivity index (χ4n) is 3.12. The molecule has 2 aromatic heterocycles. The summed E-state index contributed by atoms with van der Waals surface area (Å²) >= 11 is 18.0. The van der Waals surface area contributed by atoms with Crippen molar-refractivity contribution >= 4 is 50.6 Å². The van der Waals surface area contributed by atoms with E-state index in [1.807, 2.05) is 0 Å². The third kappa shape index (κ3) is 3.94. The highest BCUT2D eigenvalue weighted by atomic mass is 35.5. The summed E-state index contributed by atoms with van der Waals surface area (Å²) in [6.45, 7) is -0.291. The van der Waals surface area contributed by atoms with E-state index >= 15 is 0 Å². The Morgan fingerprint density at radius 2 is 2.10 bits per heavy atom. The minimum Gasteiger partial charge on any atom is -0.379 e. The molecule has 1 aromatic carbocycles. The first-order valence-corrected chi connectivity index (χ1v) is 11.2. The first kappa shape index (κ1) is 21.8. The number of nitrogens with one attached hydrogen (secondary N) is 2. The van der Waals surface area contributed by atoms with E-state index in [9.17, 15) is 13.2 Å². The Hall–Kier alpha value is -2.45. The maximum Gasteiger partial charge on any atom is 0.360 e. The first-order valence-electron chi connectivity index (χ1n) is 8.61. The van der Waals surface area contributed by atoms with Crippen LogP contribution in [0.15, 0.2) is 33.9 Å². The summed E-state index contributed by atoms with van der Waals surface area (Å²) in [7, 11) is -4.06. The molecule has 3 aromatic rings. The van der Waals surface area contributed by atoms with Crippen LogP contribution in [0.3, 0.4) is 0 Å². The Labute approximate surface area is 189 Å². The first-order chi connectivity index (χ1) is 14.7. The lowest BCUT2D eigenvalue weighted by molar-refractivity contribution is -0.764. The molecular weight excluding hydrogens is 495 g/mol. The van der Waals surface area contributed by atoms with Gasteiger partial charge in [-0.25, -0.2) is 13.4 Å². The van der Waals surface area contributed by atoms with Crippen LogP contribution in [0.25, 0.3) is 0 Å². The summed E-state index contributed by atoms with van der Waals surface area (Å²) in [5.41, 5.74) is -0.407. The van der Waals surface area contributed by atoms with Crippen LogP contribution < -0.4 is 20.6 Å². The van der Waals surface area contributed by atoms with Gasteiger partial charge in [-0.15, -0.1) is 0 Å². The van der Waals surface area contributed by atoms with Crippen molar-refractivity contribution in [3.05, 3.63) is 51.1 Å². The second-order valence-corrected chi connectivity index (χ2v) is 9.51. The molecule has 0 spiro atoms. The van der Waals surface area contributed by atoms with Crippen molar-refractivity contribution in [2.75, 3.05) is 24.6 Å². The Morgan fingerprint density at radius 3 is 2.71 bits per heavy atom. The van der Waals surface area contributed by atoms with Crippen LogP contribution in [0.4, 0.5) is 0 Å². The molecule has 4 rings (SSSR count). The molecule has 0 amide bonds. The van der Waals surface area contributed by atoms with Crippen molar-refractivity contribution in [1.29, 1.82) is 5.41 Å². The van der Waals surface area contributed by atoms with Gasteiger partial charge in [-0.05, 0) is 35.1 Å².